The average Bonchev–Trinajstić information content (AvgIpc) is 2.99. The third kappa shape index (κ3) is 8.26. The normalized spacial score (nSPS) is 11.7. The summed E-state index contributed by atoms with van der Waals surface area (Å²) < 4.78 is 0. The minimum Gasteiger partial charge on any atom is -0.321 e. The van der Waals surface area contributed by atoms with Crippen LogP contribution in [-0.2, 0) is 9.59 Å². The molecule has 0 aliphatic heterocycles. The Morgan fingerprint density at radius 3 is 2.29 bits per heavy atom. The lowest BCUT2D eigenvalue weighted by Crippen LogP contribution is -2.30. The van der Waals surface area contributed by atoms with Gasteiger partial charge in [0.05, 0.1) is 20.8 Å². The van der Waals surface area contributed by atoms with Gasteiger partial charge in [-0.05, 0) is 67.6 Å². The van der Waals surface area contributed by atoms with Gasteiger partial charge in [0.15, 0.2) is 0 Å². The van der Waals surface area contributed by atoms with Crippen LogP contribution < -0.4 is 16.0 Å². The molecule has 3 N–H and O–H groups in total. The minimum atomic E-state index is -0.680. The largest absolute Gasteiger partial charge is 0.321 e. The Morgan fingerprint density at radius 2 is 1.62 bits per heavy atom. The number of rotatable bonds is 10. The number of carbonyl (C=O) groups excluding carboxylic acids is 3. The van der Waals surface area contributed by atoms with Crippen LogP contribution in [0.3, 0.4) is 0 Å². The number of thioether (sulfide) groups is 1. The Kier molecular flexibility index (Phi) is 10.0. The van der Waals surface area contributed by atoms with Crippen molar-refractivity contribution in [3.63, 3.8) is 0 Å². The van der Waals surface area contributed by atoms with Gasteiger partial charge in [-0.15, -0.1) is 11.8 Å². The van der Waals surface area contributed by atoms with Gasteiger partial charge in [-0.25, -0.2) is 4.98 Å². The molecule has 0 spiro atoms. The van der Waals surface area contributed by atoms with Crippen molar-refractivity contribution in [1.29, 1.82) is 0 Å². The summed E-state index contributed by atoms with van der Waals surface area (Å²) in [7, 11) is 0. The monoisotopic (exact) mass is 601 g/mol. The van der Waals surface area contributed by atoms with Crippen molar-refractivity contribution < 1.29 is 19.3 Å². The zero-order valence-electron chi connectivity index (χ0n) is 22.1. The summed E-state index contributed by atoms with van der Waals surface area (Å²) in [5.41, 5.74) is 0.467. The first-order valence-electron chi connectivity index (χ1n) is 12.5. The lowest BCUT2D eigenvalue weighted by atomic mass is 10.1. The Labute approximate surface area is 250 Å². The number of para-hydroxylation sites is 1. The number of amides is 3. The van der Waals surface area contributed by atoms with Crippen LogP contribution in [0.1, 0.15) is 22.8 Å². The Balaban J connectivity index is 1.47. The summed E-state index contributed by atoms with van der Waals surface area (Å²) in [6.07, 6.45) is 2.70. The number of carbonyl (C=O) groups is 3. The standard InChI is InChI=1S/C30H24ClN5O5S/c1-19(28(37)35-27-16-11-22(31)18-32-27)42-24-14-12-23(13-15-24)33-30(39)25(34-29(38)20-7-3-2-4-8-20)17-21-9-5-6-10-26(21)36(40)41/h2-19H,1H3,(H,33,39)(H,34,38)(H,32,35,37)/b25-17-. The number of aromatic nitrogens is 1. The predicted octanol–water partition coefficient (Wildman–Crippen LogP) is 6.17. The topological polar surface area (TPSA) is 143 Å². The van der Waals surface area contributed by atoms with Gasteiger partial charge < -0.3 is 16.0 Å². The fourth-order valence-corrected chi connectivity index (χ4v) is 4.60. The number of nitro benzene ring substituents is 1. The van der Waals surface area contributed by atoms with Gasteiger partial charge in [0.25, 0.3) is 17.5 Å². The van der Waals surface area contributed by atoms with Crippen molar-refractivity contribution >= 4 is 64.4 Å². The highest BCUT2D eigenvalue weighted by molar-refractivity contribution is 8.00. The molecule has 4 aromatic rings. The minimum absolute atomic E-state index is 0.147. The van der Waals surface area contributed by atoms with E-state index in [0.29, 0.717) is 22.1 Å². The zero-order chi connectivity index (χ0) is 30.1. The van der Waals surface area contributed by atoms with Crippen LogP contribution in [0.4, 0.5) is 17.2 Å². The Hall–Kier alpha value is -5.00. The molecule has 1 heterocycles. The quantitative estimate of drug-likeness (QED) is 0.0853. The van der Waals surface area contributed by atoms with E-state index >= 15 is 0 Å². The van der Waals surface area contributed by atoms with Crippen molar-refractivity contribution in [2.45, 2.75) is 17.1 Å². The van der Waals surface area contributed by atoms with Crippen LogP contribution >= 0.6 is 23.4 Å². The van der Waals surface area contributed by atoms with Gasteiger partial charge in [-0.3, -0.25) is 24.5 Å². The number of nitrogens with one attached hydrogen (secondary N) is 3. The van der Waals surface area contributed by atoms with E-state index in [2.05, 4.69) is 20.9 Å². The van der Waals surface area contributed by atoms with Crippen molar-refractivity contribution in [1.82, 2.24) is 10.3 Å². The summed E-state index contributed by atoms with van der Waals surface area (Å²) in [5.74, 6) is -1.09. The maximum atomic E-state index is 13.3. The first-order chi connectivity index (χ1) is 20.2. The van der Waals surface area contributed by atoms with E-state index in [1.807, 2.05) is 0 Å². The van der Waals surface area contributed by atoms with Gasteiger partial charge in [-0.2, -0.15) is 0 Å². The SMILES string of the molecule is CC(Sc1ccc(NC(=O)/C(=C/c2ccccc2[N+](=O)[O-])NC(=O)c2ccccc2)cc1)C(=O)Nc1ccc(Cl)cn1. The first kappa shape index (κ1) is 30.0. The number of halogens is 1. The van der Waals surface area contributed by atoms with E-state index in [4.69, 9.17) is 11.6 Å². The molecular formula is C30H24ClN5O5S. The number of nitrogens with zero attached hydrogens (tertiary/aromatic N) is 2. The molecular weight excluding hydrogens is 578 g/mol. The van der Waals surface area contributed by atoms with Crippen molar-refractivity contribution in [2.75, 3.05) is 10.6 Å². The van der Waals surface area contributed by atoms with Gasteiger partial charge in [0, 0.05) is 28.4 Å². The first-order valence-corrected chi connectivity index (χ1v) is 13.8. The molecule has 3 amide bonds. The molecule has 3 aromatic carbocycles. The highest BCUT2D eigenvalue weighted by Gasteiger charge is 2.19. The molecule has 10 nitrogen and oxygen atoms in total. The van der Waals surface area contributed by atoms with Gasteiger partial charge in [-0.1, -0.05) is 41.9 Å². The average molecular weight is 602 g/mol. The molecule has 42 heavy (non-hydrogen) atoms. The van der Waals surface area contributed by atoms with Crippen molar-refractivity contribution in [3.8, 4) is 0 Å². The van der Waals surface area contributed by atoms with Crippen molar-refractivity contribution in [3.05, 3.63) is 129 Å². The molecule has 212 valence electrons. The molecule has 1 unspecified atom stereocenters. The summed E-state index contributed by atoms with van der Waals surface area (Å²) in [4.78, 5) is 54.4. The third-order valence-electron chi connectivity index (χ3n) is 5.74. The molecule has 1 aromatic heterocycles. The molecule has 0 saturated carbocycles. The highest BCUT2D eigenvalue weighted by Crippen LogP contribution is 2.26. The Bertz CT molecular complexity index is 1630. The van der Waals surface area contributed by atoms with E-state index in [-0.39, 0.29) is 22.9 Å². The molecule has 0 aliphatic rings. The van der Waals surface area contributed by atoms with E-state index in [1.165, 1.54) is 42.2 Å². The second-order valence-electron chi connectivity index (χ2n) is 8.78. The lowest BCUT2D eigenvalue weighted by Gasteiger charge is -2.13. The van der Waals surface area contributed by atoms with Gasteiger partial charge in [0.1, 0.15) is 11.5 Å². The number of pyridine rings is 1. The number of hydrogen-bond donors (Lipinski definition) is 3. The van der Waals surface area contributed by atoms with Crippen LogP contribution in [0.25, 0.3) is 6.08 Å². The zero-order valence-corrected chi connectivity index (χ0v) is 23.7. The maximum absolute atomic E-state index is 13.3. The van der Waals surface area contributed by atoms with Crippen LogP contribution in [0.15, 0.2) is 108 Å². The van der Waals surface area contributed by atoms with E-state index < -0.39 is 22.0 Å². The fourth-order valence-electron chi connectivity index (χ4n) is 3.62. The maximum Gasteiger partial charge on any atom is 0.276 e. The van der Waals surface area contributed by atoms with E-state index in [9.17, 15) is 24.5 Å². The molecule has 0 bridgehead atoms. The molecule has 0 radical (unpaired) electrons. The predicted molar refractivity (Wildman–Crippen MR) is 163 cm³/mol. The molecule has 4 rings (SSSR count). The molecule has 0 fully saturated rings. The lowest BCUT2D eigenvalue weighted by molar-refractivity contribution is -0.385. The summed E-state index contributed by atoms with van der Waals surface area (Å²) in [5, 5.41) is 19.5. The summed E-state index contributed by atoms with van der Waals surface area (Å²) >= 11 is 7.14. The number of benzene rings is 3. The summed E-state index contributed by atoms with van der Waals surface area (Å²) in [6, 6.07) is 24.2. The third-order valence-corrected chi connectivity index (χ3v) is 7.07. The molecule has 12 heteroatoms. The van der Waals surface area contributed by atoms with E-state index in [1.54, 1.807) is 79.7 Å². The summed E-state index contributed by atoms with van der Waals surface area (Å²) in [6.45, 7) is 1.75. The number of nitro groups is 1. The fraction of sp³-hybridized carbons (Fsp3) is 0.0667. The van der Waals surface area contributed by atoms with Crippen LogP contribution in [0.5, 0.6) is 0 Å². The smallest absolute Gasteiger partial charge is 0.276 e. The molecule has 1 atom stereocenters. The molecule has 0 saturated heterocycles. The Morgan fingerprint density at radius 1 is 0.929 bits per heavy atom. The second-order valence-corrected chi connectivity index (χ2v) is 10.6. The van der Waals surface area contributed by atoms with Crippen LogP contribution in [0, 0.1) is 10.1 Å². The highest BCUT2D eigenvalue weighted by atomic mass is 35.5. The van der Waals surface area contributed by atoms with Crippen molar-refractivity contribution in [2.24, 2.45) is 0 Å². The number of hydrogen-bond acceptors (Lipinski definition) is 7. The second kappa shape index (κ2) is 14.1. The van der Waals surface area contributed by atoms with Crippen LogP contribution in [-0.4, -0.2) is 32.9 Å². The van der Waals surface area contributed by atoms with Crippen LogP contribution in [0.2, 0.25) is 5.02 Å². The van der Waals surface area contributed by atoms with Gasteiger partial charge in [0.2, 0.25) is 5.91 Å². The number of anilines is 2. The van der Waals surface area contributed by atoms with E-state index in [0.717, 1.165) is 4.90 Å². The van der Waals surface area contributed by atoms with Gasteiger partial charge >= 0.3 is 0 Å². The molecule has 0 aliphatic carbocycles.